The minimum absolute atomic E-state index is 0.164. The van der Waals surface area contributed by atoms with E-state index in [9.17, 15) is 0 Å². The van der Waals surface area contributed by atoms with Crippen molar-refractivity contribution in [1.29, 1.82) is 0 Å². The summed E-state index contributed by atoms with van der Waals surface area (Å²) < 4.78 is 55.1. The van der Waals surface area contributed by atoms with Crippen LogP contribution in [0.5, 0.6) is 0 Å². The molecule has 6 nitrogen and oxygen atoms in total. The molecule has 0 amide bonds. The lowest BCUT2D eigenvalue weighted by Crippen LogP contribution is -2.80. The summed E-state index contributed by atoms with van der Waals surface area (Å²) in [4.78, 5) is 0. The minimum Gasteiger partial charge on any atom is -0.306 e. The largest absolute Gasteiger partial charge is 0.361 e. The van der Waals surface area contributed by atoms with Gasteiger partial charge in [-0.1, -0.05) is 112 Å². The first-order valence-corrected chi connectivity index (χ1v) is 20.7. The fourth-order valence-corrected chi connectivity index (χ4v) is 16.1. The van der Waals surface area contributed by atoms with Gasteiger partial charge < -0.3 is 18.1 Å². The molecule has 0 saturated carbocycles. The van der Waals surface area contributed by atoms with E-state index < -0.39 is 28.7 Å². The normalized spacial score (nSPS) is 12.8. The van der Waals surface area contributed by atoms with Crippen LogP contribution in [0.3, 0.4) is 0 Å². The maximum absolute atomic E-state index is 15.3. The molecule has 0 unspecified atom stereocenters. The highest BCUT2D eigenvalue weighted by Crippen LogP contribution is 2.51. The number of rotatable bonds is 14. The highest BCUT2D eigenvalue weighted by Gasteiger charge is 2.51. The van der Waals surface area contributed by atoms with Gasteiger partial charge in [0.05, 0.1) is 37.0 Å². The Balaban J connectivity index is 2.44. The molecule has 0 atom stereocenters. The molecule has 0 aromatic heterocycles. The van der Waals surface area contributed by atoms with E-state index >= 15 is 9.13 Å². The van der Waals surface area contributed by atoms with E-state index in [1.54, 1.807) is 27.7 Å². The maximum Gasteiger partial charge on any atom is 0.361 e. The second kappa shape index (κ2) is 14.9. The highest BCUT2D eigenvalue weighted by atomic mass is 31.2. The van der Waals surface area contributed by atoms with E-state index in [1.807, 2.05) is 66.7 Å². The van der Waals surface area contributed by atoms with Crippen LogP contribution in [0.4, 0.5) is 0 Å². The molecule has 0 aliphatic heterocycles. The van der Waals surface area contributed by atoms with Crippen molar-refractivity contribution in [1.82, 2.24) is 0 Å². The van der Waals surface area contributed by atoms with Crippen LogP contribution in [-0.4, -0.2) is 34.5 Å². The molecule has 9 heteroatoms. The fraction of sp³-hybridized carbons (Fsp3) is 0.333. The average molecular weight is 665 g/mol. The van der Waals surface area contributed by atoms with Crippen molar-refractivity contribution in [2.45, 2.75) is 53.9 Å². The Hall–Kier alpha value is -2.60. The van der Waals surface area contributed by atoms with Crippen LogP contribution in [0.1, 0.15) is 54.0 Å². The molecule has 4 rings (SSSR count). The zero-order chi connectivity index (χ0) is 32.7. The molecule has 0 heterocycles. The molecule has 0 radical (unpaired) electrons. The van der Waals surface area contributed by atoms with Gasteiger partial charge in [0.15, 0.2) is 8.07 Å². The van der Waals surface area contributed by atoms with E-state index in [1.165, 1.54) is 0 Å². The lowest BCUT2D eigenvalue weighted by Gasteiger charge is -2.39. The van der Waals surface area contributed by atoms with E-state index in [4.69, 9.17) is 18.1 Å². The van der Waals surface area contributed by atoms with Crippen LogP contribution in [0.2, 0.25) is 0 Å². The summed E-state index contributed by atoms with van der Waals surface area (Å²) in [6, 6.07) is 34.6. The Kier molecular flexibility index (Phi) is 11.7. The van der Waals surface area contributed by atoms with Crippen LogP contribution in [0.15, 0.2) is 103 Å². The Bertz CT molecular complexity index is 1470. The lowest BCUT2D eigenvalue weighted by molar-refractivity contribution is 0.230. The summed E-state index contributed by atoms with van der Waals surface area (Å²) >= 11 is 0. The van der Waals surface area contributed by atoms with Crippen molar-refractivity contribution in [3.05, 3.63) is 109 Å². The van der Waals surface area contributed by atoms with Gasteiger partial charge in [0.25, 0.3) is 0 Å². The summed E-state index contributed by atoms with van der Waals surface area (Å²) in [6.07, 6.45) is 0. The first kappa shape index (κ1) is 35.3. The molecule has 4 aromatic rings. The van der Waals surface area contributed by atoms with Crippen LogP contribution >= 0.6 is 15.2 Å². The summed E-state index contributed by atoms with van der Waals surface area (Å²) in [6.45, 7) is 14.1. The standard InChI is InChI=1S/C36H46O6P2Si/c1-8-39-43(37,40-9-2)33-27-29(36(5,6)7)28-34(44(38,41-10-3)42-11-4)35(33)45(30-21-15-12-16-22-30,31-23-17-13-18-24-31)32-25-19-14-20-26-32/h12-28H,8-11H2,1-7H3. The summed E-state index contributed by atoms with van der Waals surface area (Å²) in [5.41, 5.74) is 0.415. The van der Waals surface area contributed by atoms with Crippen molar-refractivity contribution in [3.8, 4) is 0 Å². The predicted octanol–water partition coefficient (Wildman–Crippen LogP) is 6.14. The molecule has 0 spiro atoms. The molecule has 0 N–H and O–H groups in total. The van der Waals surface area contributed by atoms with Gasteiger partial charge in [-0.25, -0.2) is 0 Å². The van der Waals surface area contributed by atoms with Crippen LogP contribution in [0, 0.1) is 0 Å². The Morgan fingerprint density at radius 2 is 0.822 bits per heavy atom. The van der Waals surface area contributed by atoms with Gasteiger partial charge in [-0.05, 0) is 71.6 Å². The van der Waals surface area contributed by atoms with E-state index in [0.717, 1.165) is 21.1 Å². The molecular weight excluding hydrogens is 618 g/mol. The van der Waals surface area contributed by atoms with Gasteiger partial charge in [0.1, 0.15) is 0 Å². The third-order valence-electron chi connectivity index (χ3n) is 7.74. The number of hydrogen-bond donors (Lipinski definition) is 0. The molecule has 4 aromatic carbocycles. The van der Waals surface area contributed by atoms with Gasteiger partial charge in [0, 0.05) is 0 Å². The van der Waals surface area contributed by atoms with Crippen molar-refractivity contribution >= 4 is 54.6 Å². The molecular formula is C36H46O6P2Si. The second-order valence-corrected chi connectivity index (χ2v) is 19.4. The van der Waals surface area contributed by atoms with Crippen LogP contribution < -0.4 is 31.4 Å². The summed E-state index contributed by atoms with van der Waals surface area (Å²) in [5, 5.41) is 4.51. The smallest absolute Gasteiger partial charge is 0.306 e. The fourth-order valence-electron chi connectivity index (χ4n) is 5.89. The zero-order valence-electron chi connectivity index (χ0n) is 27.5. The average Bonchev–Trinajstić information content (AvgIpc) is 3.03. The van der Waals surface area contributed by atoms with Crippen LogP contribution in [0.25, 0.3) is 0 Å². The molecule has 0 fully saturated rings. The molecule has 0 saturated heterocycles. The number of benzene rings is 4. The zero-order valence-corrected chi connectivity index (χ0v) is 30.3. The van der Waals surface area contributed by atoms with E-state index in [-0.39, 0.29) is 26.4 Å². The lowest BCUT2D eigenvalue weighted by atomic mass is 9.87. The Morgan fingerprint density at radius 3 is 1.07 bits per heavy atom. The SMILES string of the molecule is CCOP(=O)(OCC)c1cc(C(C)(C)C)cc(P(=O)(OCC)OCC)c1[Si](c1ccccc1)(c1ccccc1)c1ccccc1. The van der Waals surface area contributed by atoms with Gasteiger partial charge in [-0.3, -0.25) is 9.13 Å². The highest BCUT2D eigenvalue weighted by molar-refractivity contribution is 7.65. The summed E-state index contributed by atoms with van der Waals surface area (Å²) in [5.74, 6) is 0. The third kappa shape index (κ3) is 7.06. The van der Waals surface area contributed by atoms with Crippen molar-refractivity contribution in [2.24, 2.45) is 0 Å². The predicted molar refractivity (Wildman–Crippen MR) is 190 cm³/mol. The van der Waals surface area contributed by atoms with Crippen LogP contribution in [-0.2, 0) is 32.6 Å². The molecule has 0 bridgehead atoms. The van der Waals surface area contributed by atoms with Gasteiger partial charge in [0.2, 0.25) is 0 Å². The van der Waals surface area contributed by atoms with E-state index in [0.29, 0.717) is 15.8 Å². The number of hydrogen-bond acceptors (Lipinski definition) is 6. The van der Waals surface area contributed by atoms with Gasteiger partial charge >= 0.3 is 15.2 Å². The van der Waals surface area contributed by atoms with Gasteiger partial charge in [-0.2, -0.15) is 0 Å². The molecule has 0 aliphatic carbocycles. The molecule has 45 heavy (non-hydrogen) atoms. The first-order chi connectivity index (χ1) is 21.5. The quantitative estimate of drug-likeness (QED) is 0.0917. The first-order valence-electron chi connectivity index (χ1n) is 15.7. The van der Waals surface area contributed by atoms with Crippen molar-refractivity contribution in [2.75, 3.05) is 26.4 Å². The summed E-state index contributed by atoms with van der Waals surface area (Å²) in [7, 11) is -11.5. The van der Waals surface area contributed by atoms with Gasteiger partial charge in [-0.15, -0.1) is 0 Å². The monoisotopic (exact) mass is 664 g/mol. The topological polar surface area (TPSA) is 71.1 Å². The molecule has 0 aliphatic rings. The Labute approximate surface area is 270 Å². The van der Waals surface area contributed by atoms with Crippen molar-refractivity contribution in [3.63, 3.8) is 0 Å². The second-order valence-electron chi connectivity index (χ2n) is 11.7. The minimum atomic E-state index is -4.00. The Morgan fingerprint density at radius 1 is 0.533 bits per heavy atom. The van der Waals surface area contributed by atoms with E-state index in [2.05, 4.69) is 57.2 Å². The maximum atomic E-state index is 15.3. The van der Waals surface area contributed by atoms with Crippen molar-refractivity contribution < 1.29 is 27.2 Å². The third-order valence-corrected chi connectivity index (χ3v) is 17.3. The molecule has 240 valence electrons.